The molecule has 1 aliphatic rings. The van der Waals surface area contributed by atoms with Crippen molar-refractivity contribution in [2.45, 2.75) is 50.6 Å². The van der Waals surface area contributed by atoms with Crippen molar-refractivity contribution in [2.75, 3.05) is 18.2 Å². The predicted octanol–water partition coefficient (Wildman–Crippen LogP) is 5.99. The van der Waals surface area contributed by atoms with E-state index < -0.39 is 0 Å². The maximum absolute atomic E-state index is 12.3. The first-order valence-corrected chi connectivity index (χ1v) is 12.1. The summed E-state index contributed by atoms with van der Waals surface area (Å²) in [6, 6.07) is 7.44. The number of hydrogen-bond acceptors (Lipinski definition) is 7. The highest BCUT2D eigenvalue weighted by atomic mass is 32.2. The summed E-state index contributed by atoms with van der Waals surface area (Å²) < 4.78 is 5.35. The summed E-state index contributed by atoms with van der Waals surface area (Å²) in [4.78, 5) is 24.3. The fraction of sp³-hybridized carbons (Fsp3) is 0.409. The number of esters is 1. The maximum atomic E-state index is 12.3. The lowest BCUT2D eigenvalue weighted by Crippen LogP contribution is -2.07. The van der Waals surface area contributed by atoms with E-state index in [0.29, 0.717) is 12.2 Å². The van der Waals surface area contributed by atoms with Gasteiger partial charge in [-0.1, -0.05) is 31.2 Å². The molecule has 5 nitrogen and oxygen atoms in total. The summed E-state index contributed by atoms with van der Waals surface area (Å²) in [5.41, 5.74) is 2.77. The minimum absolute atomic E-state index is 0.285. The highest BCUT2D eigenvalue weighted by molar-refractivity contribution is 7.98. The van der Waals surface area contributed by atoms with Gasteiger partial charge in [-0.2, -0.15) is 0 Å². The zero-order chi connectivity index (χ0) is 20.2. The second kappa shape index (κ2) is 9.13. The molecule has 4 rings (SSSR count). The van der Waals surface area contributed by atoms with E-state index in [0.717, 1.165) is 52.6 Å². The summed E-state index contributed by atoms with van der Waals surface area (Å²) in [6.07, 6.45) is 8.53. The van der Waals surface area contributed by atoms with Crippen LogP contribution in [0.1, 0.15) is 53.4 Å². The highest BCUT2D eigenvalue weighted by Gasteiger charge is 2.21. The van der Waals surface area contributed by atoms with Crippen molar-refractivity contribution in [1.29, 1.82) is 0 Å². The Morgan fingerprint density at radius 2 is 2.14 bits per heavy atom. The Morgan fingerprint density at radius 1 is 1.28 bits per heavy atom. The number of carbonyl (C=O) groups excluding carboxylic acids is 1. The fourth-order valence-corrected chi connectivity index (χ4v) is 5.26. The minimum atomic E-state index is -0.285. The second-order valence-corrected chi connectivity index (χ2v) is 9.00. The van der Waals surface area contributed by atoms with Gasteiger partial charge >= 0.3 is 5.97 Å². The Hall–Kier alpha value is -2.12. The molecule has 0 bridgehead atoms. The van der Waals surface area contributed by atoms with E-state index >= 15 is 0 Å². The van der Waals surface area contributed by atoms with Crippen LogP contribution in [0.15, 0.2) is 29.4 Å². The third-order valence-electron chi connectivity index (χ3n) is 5.07. The summed E-state index contributed by atoms with van der Waals surface area (Å²) >= 11 is 3.34. The summed E-state index contributed by atoms with van der Waals surface area (Å²) in [5, 5.41) is 5.35. The van der Waals surface area contributed by atoms with Gasteiger partial charge in [0, 0.05) is 10.6 Å². The first-order chi connectivity index (χ1) is 14.2. The quantitative estimate of drug-likeness (QED) is 0.216. The van der Waals surface area contributed by atoms with Gasteiger partial charge in [-0.05, 0) is 62.1 Å². The number of hydrogen-bond donors (Lipinski definition) is 1. The Morgan fingerprint density at radius 3 is 2.97 bits per heavy atom. The van der Waals surface area contributed by atoms with Crippen LogP contribution in [0.3, 0.4) is 0 Å². The maximum Gasteiger partial charge on any atom is 0.338 e. The van der Waals surface area contributed by atoms with Crippen LogP contribution < -0.4 is 5.32 Å². The summed E-state index contributed by atoms with van der Waals surface area (Å²) in [6.45, 7) is 2.53. The molecule has 3 aromatic rings. The number of thioether (sulfide) groups is 1. The fourth-order valence-electron chi connectivity index (χ4n) is 3.57. The monoisotopic (exact) mass is 427 g/mol. The van der Waals surface area contributed by atoms with Crippen molar-refractivity contribution in [3.63, 3.8) is 0 Å². The summed E-state index contributed by atoms with van der Waals surface area (Å²) in [5.74, 6) is 0.544. The molecule has 0 spiro atoms. The molecule has 0 saturated carbocycles. The van der Waals surface area contributed by atoms with Gasteiger partial charge in [0.1, 0.15) is 10.6 Å². The van der Waals surface area contributed by atoms with Crippen LogP contribution >= 0.6 is 23.1 Å². The Labute approximate surface area is 179 Å². The van der Waals surface area contributed by atoms with Crippen molar-refractivity contribution in [3.8, 4) is 0 Å². The van der Waals surface area contributed by atoms with E-state index in [4.69, 9.17) is 14.7 Å². The number of ether oxygens (including phenoxy) is 1. The van der Waals surface area contributed by atoms with E-state index in [1.54, 1.807) is 29.2 Å². The number of unbranched alkanes of at least 4 members (excludes halogenated alkanes) is 1. The Bertz CT molecular complexity index is 1030. The smallest absolute Gasteiger partial charge is 0.338 e. The van der Waals surface area contributed by atoms with Crippen LogP contribution in [0.4, 0.5) is 11.5 Å². The lowest BCUT2D eigenvalue weighted by atomic mass is 9.97. The zero-order valence-corrected chi connectivity index (χ0v) is 18.4. The molecule has 0 atom stereocenters. The molecule has 152 valence electrons. The predicted molar refractivity (Wildman–Crippen MR) is 121 cm³/mol. The molecule has 0 amide bonds. The molecule has 7 heteroatoms. The number of benzene rings is 1. The average molecular weight is 428 g/mol. The van der Waals surface area contributed by atoms with Gasteiger partial charge in [-0.25, -0.2) is 14.8 Å². The molecule has 0 radical (unpaired) electrons. The normalized spacial score (nSPS) is 13.3. The molecule has 2 heterocycles. The molecule has 29 heavy (non-hydrogen) atoms. The lowest BCUT2D eigenvalue weighted by Gasteiger charge is -2.13. The van der Waals surface area contributed by atoms with Crippen LogP contribution in [-0.2, 0) is 17.6 Å². The number of carbonyl (C=O) groups is 1. The van der Waals surface area contributed by atoms with Gasteiger partial charge < -0.3 is 10.1 Å². The molecule has 1 N–H and O–H groups in total. The SMILES string of the molecule is CCCCOC(=O)c1cccc(Nc2nc(SC)nc3sc4c(c23)CCCC4)c1. The molecule has 0 aliphatic heterocycles. The number of thiophene rings is 1. The second-order valence-electron chi connectivity index (χ2n) is 7.15. The molecular formula is C22H25N3O2S2. The number of nitrogens with zero attached hydrogens (tertiary/aromatic N) is 2. The van der Waals surface area contributed by atoms with Gasteiger partial charge in [0.25, 0.3) is 0 Å². The number of fused-ring (bicyclic) bond motifs is 3. The topological polar surface area (TPSA) is 64.1 Å². The van der Waals surface area contributed by atoms with Crippen LogP contribution in [0.2, 0.25) is 0 Å². The number of rotatable bonds is 7. The molecule has 0 saturated heterocycles. The first-order valence-electron chi connectivity index (χ1n) is 10.1. The molecule has 0 fully saturated rings. The number of aromatic nitrogens is 2. The standard InChI is InChI=1S/C22H25N3O2S2/c1-3-4-12-27-21(26)14-8-7-9-15(13-14)23-19-18-16-10-5-6-11-17(16)29-20(18)25-22(24-19)28-2/h7-9,13H,3-6,10-12H2,1-2H3,(H,23,24,25). The number of anilines is 2. The Kier molecular flexibility index (Phi) is 6.35. The zero-order valence-electron chi connectivity index (χ0n) is 16.8. The molecule has 0 unspecified atom stereocenters. The first kappa shape index (κ1) is 20.2. The van der Waals surface area contributed by atoms with Crippen molar-refractivity contribution in [3.05, 3.63) is 40.3 Å². The van der Waals surface area contributed by atoms with Crippen molar-refractivity contribution in [2.24, 2.45) is 0 Å². The van der Waals surface area contributed by atoms with Gasteiger partial charge in [-0.3, -0.25) is 0 Å². The van der Waals surface area contributed by atoms with Crippen LogP contribution in [0.25, 0.3) is 10.2 Å². The lowest BCUT2D eigenvalue weighted by molar-refractivity contribution is 0.0500. The van der Waals surface area contributed by atoms with Crippen LogP contribution in [0.5, 0.6) is 0 Å². The van der Waals surface area contributed by atoms with Crippen molar-refractivity contribution < 1.29 is 9.53 Å². The summed E-state index contributed by atoms with van der Waals surface area (Å²) in [7, 11) is 0. The highest BCUT2D eigenvalue weighted by Crippen LogP contribution is 2.40. The molecular weight excluding hydrogens is 402 g/mol. The number of nitrogens with one attached hydrogen (secondary N) is 1. The van der Waals surface area contributed by atoms with E-state index in [1.807, 2.05) is 24.5 Å². The van der Waals surface area contributed by atoms with E-state index in [9.17, 15) is 4.79 Å². The largest absolute Gasteiger partial charge is 0.462 e. The van der Waals surface area contributed by atoms with Crippen LogP contribution in [-0.4, -0.2) is 28.8 Å². The Balaban J connectivity index is 1.66. The number of aryl methyl sites for hydroxylation is 2. The molecule has 1 aliphatic carbocycles. The van der Waals surface area contributed by atoms with E-state index in [2.05, 4.69) is 12.2 Å². The van der Waals surface area contributed by atoms with Crippen LogP contribution in [0, 0.1) is 0 Å². The van der Waals surface area contributed by atoms with Gasteiger partial charge in [0.15, 0.2) is 5.16 Å². The average Bonchev–Trinajstić information content (AvgIpc) is 3.12. The third-order valence-corrected chi connectivity index (χ3v) is 6.80. The van der Waals surface area contributed by atoms with Gasteiger partial charge in [0.2, 0.25) is 0 Å². The minimum Gasteiger partial charge on any atom is -0.462 e. The van der Waals surface area contributed by atoms with Gasteiger partial charge in [0.05, 0.1) is 17.6 Å². The van der Waals surface area contributed by atoms with Gasteiger partial charge in [-0.15, -0.1) is 11.3 Å². The van der Waals surface area contributed by atoms with E-state index in [1.165, 1.54) is 23.3 Å². The third kappa shape index (κ3) is 4.41. The van der Waals surface area contributed by atoms with Crippen molar-refractivity contribution in [1.82, 2.24) is 9.97 Å². The van der Waals surface area contributed by atoms with Crippen molar-refractivity contribution >= 4 is 50.8 Å². The molecule has 2 aromatic heterocycles. The van der Waals surface area contributed by atoms with E-state index in [-0.39, 0.29) is 5.97 Å². The molecule has 1 aromatic carbocycles.